The van der Waals surface area contributed by atoms with Crippen molar-refractivity contribution in [2.24, 2.45) is 0 Å². The van der Waals surface area contributed by atoms with Gasteiger partial charge in [-0.05, 0) is 30.2 Å². The normalized spacial score (nSPS) is 10.2. The molecule has 0 aromatic heterocycles. The maximum Gasteiger partial charge on any atom is 0.328 e. The molecule has 0 saturated heterocycles. The molecule has 0 bridgehead atoms. The summed E-state index contributed by atoms with van der Waals surface area (Å²) in [4.78, 5) is 10.4. The van der Waals surface area contributed by atoms with Crippen LogP contribution in [0.25, 0.3) is 6.08 Å². The van der Waals surface area contributed by atoms with Crippen molar-refractivity contribution in [2.45, 2.75) is 32.6 Å². The number of hydrogen-bond acceptors (Lipinski definition) is 2. The van der Waals surface area contributed by atoms with Crippen LogP contribution in [-0.4, -0.2) is 17.7 Å². The zero-order valence-electron chi connectivity index (χ0n) is 11.1. The number of aliphatic carboxylic acids is 1. The van der Waals surface area contributed by atoms with E-state index in [2.05, 4.69) is 6.92 Å². The van der Waals surface area contributed by atoms with Crippen LogP contribution in [0.3, 0.4) is 0 Å². The van der Waals surface area contributed by atoms with E-state index in [-0.39, 0.29) is 22.4 Å². The summed E-state index contributed by atoms with van der Waals surface area (Å²) in [6.07, 6.45) is 7.45. The zero-order chi connectivity index (χ0) is 13.2. The Labute approximate surface area is 130 Å². The first kappa shape index (κ1) is 18.0. The van der Waals surface area contributed by atoms with Crippen molar-refractivity contribution in [1.29, 1.82) is 0 Å². The monoisotopic (exact) mass is 355 g/mol. The Morgan fingerprint density at radius 2 is 1.89 bits per heavy atom. The summed E-state index contributed by atoms with van der Waals surface area (Å²) in [6, 6.07) is 7.42. The summed E-state index contributed by atoms with van der Waals surface area (Å²) in [5.41, 5.74) is 0.857. The van der Waals surface area contributed by atoms with Gasteiger partial charge in [0.05, 0.1) is 6.61 Å². The van der Waals surface area contributed by atoms with Gasteiger partial charge in [-0.1, -0.05) is 38.3 Å². The van der Waals surface area contributed by atoms with Crippen molar-refractivity contribution in [3.63, 3.8) is 0 Å². The Hall–Kier alpha value is -1.03. The second-order valence-corrected chi connectivity index (χ2v) is 4.15. The Morgan fingerprint density at radius 1 is 1.21 bits per heavy atom. The van der Waals surface area contributed by atoms with Gasteiger partial charge in [-0.15, -0.1) is 0 Å². The van der Waals surface area contributed by atoms with Gasteiger partial charge < -0.3 is 9.84 Å². The zero-order valence-corrected chi connectivity index (χ0v) is 12.5. The van der Waals surface area contributed by atoms with E-state index >= 15 is 0 Å². The number of rotatable bonds is 8. The molecule has 0 fully saturated rings. The Morgan fingerprint density at radius 3 is 2.47 bits per heavy atom. The minimum Gasteiger partial charge on any atom is -0.494 e. The van der Waals surface area contributed by atoms with Crippen LogP contribution < -0.4 is 4.74 Å². The van der Waals surface area contributed by atoms with E-state index in [1.165, 1.54) is 19.3 Å². The van der Waals surface area contributed by atoms with Gasteiger partial charge in [0, 0.05) is 28.5 Å². The van der Waals surface area contributed by atoms with Crippen molar-refractivity contribution in [3.05, 3.63) is 35.9 Å². The molecule has 0 amide bonds. The van der Waals surface area contributed by atoms with Crippen LogP contribution in [0.1, 0.15) is 38.2 Å². The average molecular weight is 356 g/mol. The predicted octanol–water partition coefficient (Wildman–Crippen LogP) is 3.74. The van der Waals surface area contributed by atoms with Crippen molar-refractivity contribution < 1.29 is 37.0 Å². The second kappa shape index (κ2) is 10.9. The number of carboxylic acid groups (broad SMARTS) is 1. The van der Waals surface area contributed by atoms with E-state index in [1.54, 1.807) is 6.08 Å². The van der Waals surface area contributed by atoms with E-state index in [9.17, 15) is 4.79 Å². The SMILES string of the molecule is CCCCCCOc1ccc(C=CC(=O)O)cc1.[Ag]. The summed E-state index contributed by atoms with van der Waals surface area (Å²) < 4.78 is 5.59. The maximum absolute atomic E-state index is 10.4. The molecule has 0 aliphatic rings. The molecule has 1 aromatic rings. The van der Waals surface area contributed by atoms with Crippen LogP contribution in [0.4, 0.5) is 0 Å². The molecule has 0 atom stereocenters. The fraction of sp³-hybridized carbons (Fsp3) is 0.400. The van der Waals surface area contributed by atoms with Crippen LogP contribution in [0, 0.1) is 0 Å². The number of carbonyl (C=O) groups is 1. The molecule has 0 saturated carbocycles. The predicted molar refractivity (Wildman–Crippen MR) is 72.7 cm³/mol. The molecule has 3 nitrogen and oxygen atoms in total. The molecular formula is C15H20AgO3. The summed E-state index contributed by atoms with van der Waals surface area (Å²) >= 11 is 0. The van der Waals surface area contributed by atoms with Crippen molar-refractivity contribution in [3.8, 4) is 5.75 Å². The van der Waals surface area contributed by atoms with E-state index in [1.807, 2.05) is 24.3 Å². The largest absolute Gasteiger partial charge is 0.494 e. The standard InChI is InChI=1S/C15H20O3.Ag/c1-2-3-4-5-12-18-14-9-6-13(7-10-14)8-11-15(16)17;/h6-11H,2-5,12H2,1H3,(H,16,17);. The van der Waals surface area contributed by atoms with Crippen molar-refractivity contribution in [2.75, 3.05) is 6.61 Å². The molecule has 1 rings (SSSR count). The Kier molecular flexibility index (Phi) is 10.3. The third-order valence-corrected chi connectivity index (χ3v) is 2.57. The van der Waals surface area contributed by atoms with E-state index in [4.69, 9.17) is 9.84 Å². The molecule has 0 aliphatic heterocycles. The van der Waals surface area contributed by atoms with Gasteiger partial charge in [-0.25, -0.2) is 4.79 Å². The number of benzene rings is 1. The Bertz CT molecular complexity index is 385. The molecule has 1 aromatic carbocycles. The minimum absolute atomic E-state index is 0. The first-order chi connectivity index (χ1) is 8.72. The van der Waals surface area contributed by atoms with Gasteiger partial charge in [-0.3, -0.25) is 0 Å². The molecule has 4 heteroatoms. The molecule has 0 aliphatic carbocycles. The quantitative estimate of drug-likeness (QED) is 0.439. The number of unbranched alkanes of at least 4 members (excludes halogenated alkanes) is 3. The topological polar surface area (TPSA) is 46.5 Å². The van der Waals surface area contributed by atoms with Crippen molar-refractivity contribution in [1.82, 2.24) is 0 Å². The van der Waals surface area contributed by atoms with E-state index in [0.717, 1.165) is 30.4 Å². The minimum atomic E-state index is -0.939. The fourth-order valence-corrected chi connectivity index (χ4v) is 1.56. The molecule has 0 unspecified atom stereocenters. The summed E-state index contributed by atoms with van der Waals surface area (Å²) in [5, 5.41) is 8.50. The number of carboxylic acids is 1. The van der Waals surface area contributed by atoms with Crippen LogP contribution in [0.15, 0.2) is 30.3 Å². The summed E-state index contributed by atoms with van der Waals surface area (Å²) in [5.74, 6) is -0.106. The molecular weight excluding hydrogens is 336 g/mol. The second-order valence-electron chi connectivity index (χ2n) is 4.15. The van der Waals surface area contributed by atoms with Gasteiger partial charge in [-0.2, -0.15) is 0 Å². The molecule has 0 heterocycles. The van der Waals surface area contributed by atoms with Gasteiger partial charge in [0.15, 0.2) is 0 Å². The third-order valence-electron chi connectivity index (χ3n) is 2.57. The smallest absolute Gasteiger partial charge is 0.328 e. The first-order valence-corrected chi connectivity index (χ1v) is 6.36. The van der Waals surface area contributed by atoms with Gasteiger partial charge in [0.2, 0.25) is 0 Å². The molecule has 0 spiro atoms. The van der Waals surface area contributed by atoms with Crippen LogP contribution in [-0.2, 0) is 27.2 Å². The molecule has 1 radical (unpaired) electrons. The molecule has 19 heavy (non-hydrogen) atoms. The van der Waals surface area contributed by atoms with Crippen LogP contribution in [0.2, 0.25) is 0 Å². The maximum atomic E-state index is 10.4. The summed E-state index contributed by atoms with van der Waals surface area (Å²) in [7, 11) is 0. The van der Waals surface area contributed by atoms with Gasteiger partial charge in [0.1, 0.15) is 5.75 Å². The van der Waals surface area contributed by atoms with Gasteiger partial charge >= 0.3 is 5.97 Å². The number of ether oxygens (including phenoxy) is 1. The average Bonchev–Trinajstić information content (AvgIpc) is 2.37. The fourth-order valence-electron chi connectivity index (χ4n) is 1.56. The van der Waals surface area contributed by atoms with Crippen molar-refractivity contribution >= 4 is 12.0 Å². The first-order valence-electron chi connectivity index (χ1n) is 6.36. The number of hydrogen-bond donors (Lipinski definition) is 1. The summed E-state index contributed by atoms with van der Waals surface area (Å²) in [6.45, 7) is 2.93. The van der Waals surface area contributed by atoms with E-state index in [0.29, 0.717) is 0 Å². The Balaban J connectivity index is 0.00000324. The van der Waals surface area contributed by atoms with Gasteiger partial charge in [0.25, 0.3) is 0 Å². The molecule has 1 N–H and O–H groups in total. The van der Waals surface area contributed by atoms with Crippen LogP contribution >= 0.6 is 0 Å². The van der Waals surface area contributed by atoms with E-state index < -0.39 is 5.97 Å². The van der Waals surface area contributed by atoms with Crippen LogP contribution in [0.5, 0.6) is 5.75 Å². The third kappa shape index (κ3) is 8.65. The molecule has 109 valence electrons.